The van der Waals surface area contributed by atoms with Crippen molar-refractivity contribution in [3.05, 3.63) is 103 Å². The van der Waals surface area contributed by atoms with Crippen LogP contribution in [-0.2, 0) is 0 Å². The van der Waals surface area contributed by atoms with Crippen LogP contribution in [0.1, 0.15) is 0 Å². The number of nitrogens with one attached hydrogen (secondary N) is 1. The number of H-pyrrole nitrogens is 1. The molecule has 136 valence electrons. The van der Waals surface area contributed by atoms with Gasteiger partial charge >= 0.3 is 0 Å². The van der Waals surface area contributed by atoms with Gasteiger partial charge in [0.1, 0.15) is 0 Å². The Bertz CT molecular complexity index is 1490. The van der Waals surface area contributed by atoms with E-state index in [1.165, 1.54) is 27.3 Å². The second kappa shape index (κ2) is 6.32. The number of nitrogens with zero attached hydrogens (tertiary/aromatic N) is 1. The van der Waals surface area contributed by atoms with Gasteiger partial charge in [-0.05, 0) is 41.5 Å². The topological polar surface area (TPSA) is 28.7 Å². The molecule has 0 atom stereocenters. The molecule has 2 heteroatoms. The summed E-state index contributed by atoms with van der Waals surface area (Å²) in [4.78, 5) is 8.50. The van der Waals surface area contributed by atoms with E-state index in [-0.39, 0.29) is 0 Å². The predicted molar refractivity (Wildman–Crippen MR) is 122 cm³/mol. The highest BCUT2D eigenvalue weighted by Gasteiger charge is 2.11. The molecule has 6 rings (SSSR count). The number of benzene rings is 4. The molecule has 0 spiro atoms. The first-order chi connectivity index (χ1) is 14.4. The van der Waals surface area contributed by atoms with Crippen LogP contribution in [-0.4, -0.2) is 9.97 Å². The Kier molecular flexibility index (Phi) is 3.50. The van der Waals surface area contributed by atoms with Crippen LogP contribution in [0.25, 0.3) is 55.1 Å². The van der Waals surface area contributed by atoms with Crippen LogP contribution in [0.15, 0.2) is 103 Å². The maximum absolute atomic E-state index is 4.99. The Balaban J connectivity index is 1.62. The van der Waals surface area contributed by atoms with Gasteiger partial charge in [-0.1, -0.05) is 72.8 Å². The molecular weight excluding hydrogens is 352 g/mol. The van der Waals surface area contributed by atoms with Crippen molar-refractivity contribution in [2.45, 2.75) is 0 Å². The highest BCUT2D eigenvalue weighted by Crippen LogP contribution is 2.34. The van der Waals surface area contributed by atoms with Crippen LogP contribution in [0.2, 0.25) is 0 Å². The quantitative estimate of drug-likeness (QED) is 0.343. The zero-order valence-corrected chi connectivity index (χ0v) is 15.8. The van der Waals surface area contributed by atoms with Gasteiger partial charge in [0.25, 0.3) is 0 Å². The van der Waals surface area contributed by atoms with Gasteiger partial charge in [0.2, 0.25) is 0 Å². The van der Waals surface area contributed by atoms with Crippen LogP contribution < -0.4 is 0 Å². The minimum Gasteiger partial charge on any atom is -0.355 e. The Morgan fingerprint density at radius 3 is 2.14 bits per heavy atom. The van der Waals surface area contributed by atoms with Crippen molar-refractivity contribution < 1.29 is 0 Å². The fourth-order valence-electron chi connectivity index (χ4n) is 4.19. The molecule has 29 heavy (non-hydrogen) atoms. The van der Waals surface area contributed by atoms with Crippen molar-refractivity contribution >= 4 is 32.7 Å². The third-order valence-corrected chi connectivity index (χ3v) is 5.60. The van der Waals surface area contributed by atoms with E-state index in [0.717, 1.165) is 27.8 Å². The van der Waals surface area contributed by atoms with Crippen molar-refractivity contribution in [3.8, 4) is 22.4 Å². The van der Waals surface area contributed by atoms with Gasteiger partial charge in [0, 0.05) is 32.8 Å². The Morgan fingerprint density at radius 2 is 1.24 bits per heavy atom. The molecule has 0 aliphatic heterocycles. The fraction of sp³-hybridized carbons (Fsp3) is 0. The average Bonchev–Trinajstić information content (AvgIpc) is 3.17. The highest BCUT2D eigenvalue weighted by atomic mass is 14.7. The van der Waals surface area contributed by atoms with Gasteiger partial charge in [-0.2, -0.15) is 0 Å². The van der Waals surface area contributed by atoms with Crippen LogP contribution >= 0.6 is 0 Å². The zero-order chi connectivity index (χ0) is 19.2. The number of rotatable bonds is 2. The number of aromatic amines is 1. The molecule has 0 aliphatic rings. The third kappa shape index (κ3) is 2.61. The van der Waals surface area contributed by atoms with Crippen molar-refractivity contribution in [1.29, 1.82) is 0 Å². The summed E-state index contributed by atoms with van der Waals surface area (Å²) in [5.41, 5.74) is 7.88. The lowest BCUT2D eigenvalue weighted by Gasteiger charge is -2.10. The summed E-state index contributed by atoms with van der Waals surface area (Å²) >= 11 is 0. The summed E-state index contributed by atoms with van der Waals surface area (Å²) in [7, 11) is 0. The molecule has 0 fully saturated rings. The van der Waals surface area contributed by atoms with Gasteiger partial charge in [-0.25, -0.2) is 4.98 Å². The second-order valence-corrected chi connectivity index (χ2v) is 7.37. The molecule has 2 aromatic heterocycles. The first-order valence-corrected chi connectivity index (χ1v) is 9.83. The first-order valence-electron chi connectivity index (χ1n) is 9.83. The summed E-state index contributed by atoms with van der Waals surface area (Å²) < 4.78 is 0. The predicted octanol–water partition coefficient (Wildman–Crippen LogP) is 7.20. The van der Waals surface area contributed by atoms with Gasteiger partial charge in [0.15, 0.2) is 0 Å². The maximum Gasteiger partial charge on any atom is 0.0716 e. The second-order valence-electron chi connectivity index (χ2n) is 7.37. The SMILES string of the molecule is c1ccc(-c2cc(-c3ccc4[nH]c5ccccc5c4c3)nc3ccccc23)cc1. The average molecular weight is 370 g/mol. The lowest BCUT2D eigenvalue weighted by atomic mass is 9.98. The number of para-hydroxylation sites is 2. The Labute approximate surface area is 168 Å². The van der Waals surface area contributed by atoms with E-state index >= 15 is 0 Å². The van der Waals surface area contributed by atoms with E-state index < -0.39 is 0 Å². The van der Waals surface area contributed by atoms with E-state index in [0.29, 0.717) is 0 Å². The lowest BCUT2D eigenvalue weighted by molar-refractivity contribution is 1.40. The molecule has 0 aliphatic carbocycles. The fourth-order valence-corrected chi connectivity index (χ4v) is 4.19. The molecule has 0 amide bonds. The molecule has 0 radical (unpaired) electrons. The molecule has 0 saturated carbocycles. The van der Waals surface area contributed by atoms with Gasteiger partial charge < -0.3 is 4.98 Å². The van der Waals surface area contributed by atoms with Gasteiger partial charge in [0.05, 0.1) is 11.2 Å². The molecule has 2 heterocycles. The Hall–Kier alpha value is -3.91. The molecule has 4 aromatic carbocycles. The molecule has 0 unspecified atom stereocenters. The summed E-state index contributed by atoms with van der Waals surface area (Å²) in [6.07, 6.45) is 0. The van der Waals surface area contributed by atoms with Crippen molar-refractivity contribution in [3.63, 3.8) is 0 Å². The van der Waals surface area contributed by atoms with E-state index in [2.05, 4.69) is 108 Å². The minimum absolute atomic E-state index is 0.995. The smallest absolute Gasteiger partial charge is 0.0716 e. The Morgan fingerprint density at radius 1 is 0.517 bits per heavy atom. The van der Waals surface area contributed by atoms with Crippen LogP contribution in [0.5, 0.6) is 0 Å². The summed E-state index contributed by atoms with van der Waals surface area (Å²) in [5, 5.41) is 3.65. The van der Waals surface area contributed by atoms with Crippen LogP contribution in [0.3, 0.4) is 0 Å². The zero-order valence-electron chi connectivity index (χ0n) is 15.8. The number of aromatic nitrogens is 2. The largest absolute Gasteiger partial charge is 0.355 e. The van der Waals surface area contributed by atoms with Crippen LogP contribution in [0.4, 0.5) is 0 Å². The third-order valence-electron chi connectivity index (χ3n) is 5.60. The summed E-state index contributed by atoms with van der Waals surface area (Å²) in [6, 6.07) is 36.1. The number of fused-ring (bicyclic) bond motifs is 4. The molecule has 1 N–H and O–H groups in total. The van der Waals surface area contributed by atoms with Crippen LogP contribution in [0, 0.1) is 0 Å². The number of hydrogen-bond donors (Lipinski definition) is 1. The van der Waals surface area contributed by atoms with Crippen molar-refractivity contribution in [2.75, 3.05) is 0 Å². The summed E-state index contributed by atoms with van der Waals surface area (Å²) in [5.74, 6) is 0. The number of hydrogen-bond acceptors (Lipinski definition) is 1. The standard InChI is InChI=1S/C27H18N2/c1-2-8-18(9-3-1)22-17-27(29-24-12-6-4-10-20(22)24)19-14-15-26-23(16-19)21-11-5-7-13-25(21)28-26/h1-17,28H. The number of pyridine rings is 1. The van der Waals surface area contributed by atoms with Gasteiger partial charge in [-0.15, -0.1) is 0 Å². The maximum atomic E-state index is 4.99. The molecular formula is C27H18N2. The van der Waals surface area contributed by atoms with Crippen molar-refractivity contribution in [1.82, 2.24) is 9.97 Å². The minimum atomic E-state index is 0.995. The molecule has 0 bridgehead atoms. The first kappa shape index (κ1) is 16.1. The van der Waals surface area contributed by atoms with Crippen molar-refractivity contribution in [2.24, 2.45) is 0 Å². The van der Waals surface area contributed by atoms with E-state index in [4.69, 9.17) is 4.98 Å². The lowest BCUT2D eigenvalue weighted by Crippen LogP contribution is -1.89. The summed E-state index contributed by atoms with van der Waals surface area (Å²) in [6.45, 7) is 0. The molecule has 6 aromatic rings. The normalized spacial score (nSPS) is 11.4. The molecule has 2 nitrogen and oxygen atoms in total. The van der Waals surface area contributed by atoms with E-state index in [9.17, 15) is 0 Å². The highest BCUT2D eigenvalue weighted by molar-refractivity contribution is 6.08. The van der Waals surface area contributed by atoms with E-state index in [1.54, 1.807) is 0 Å². The van der Waals surface area contributed by atoms with E-state index in [1.807, 2.05) is 0 Å². The molecule has 0 saturated heterocycles. The monoisotopic (exact) mass is 370 g/mol. The van der Waals surface area contributed by atoms with Gasteiger partial charge in [-0.3, -0.25) is 0 Å².